The Morgan fingerprint density at radius 2 is 2.29 bits per heavy atom. The minimum atomic E-state index is -0.398. The number of ether oxygens (including phenoxy) is 1. The molecule has 0 aliphatic carbocycles. The highest BCUT2D eigenvalue weighted by Crippen LogP contribution is 2.13. The van der Waals surface area contributed by atoms with Gasteiger partial charge in [-0.25, -0.2) is 5.10 Å². The lowest BCUT2D eigenvalue weighted by Gasteiger charge is -2.10. The maximum Gasteiger partial charge on any atom is 0.285 e. The number of hydrogen-bond donors (Lipinski definition) is 2. The zero-order valence-electron chi connectivity index (χ0n) is 9.99. The molecule has 1 rings (SSSR count). The van der Waals surface area contributed by atoms with Crippen molar-refractivity contribution in [1.82, 2.24) is 15.1 Å². The van der Waals surface area contributed by atoms with Crippen LogP contribution in [0.25, 0.3) is 0 Å². The molecule has 1 aromatic rings. The van der Waals surface area contributed by atoms with E-state index in [1.54, 1.807) is 0 Å². The number of nitrogens with zero attached hydrogens (tertiary/aromatic N) is 2. The van der Waals surface area contributed by atoms with E-state index in [1.165, 1.54) is 6.20 Å². The summed E-state index contributed by atoms with van der Waals surface area (Å²) in [6, 6.07) is 0. The van der Waals surface area contributed by atoms with Crippen LogP contribution >= 0.6 is 11.6 Å². The Morgan fingerprint density at radius 1 is 1.53 bits per heavy atom. The van der Waals surface area contributed by atoms with E-state index in [-0.39, 0.29) is 5.02 Å². The minimum Gasteiger partial charge on any atom is -0.380 e. The molecule has 0 bridgehead atoms. The first-order chi connectivity index (χ1) is 8.11. The molecule has 0 atom stereocenters. The Balaban J connectivity index is 2.23. The molecule has 0 spiro atoms. The Bertz CT molecular complexity index is 394. The van der Waals surface area contributed by atoms with Crippen molar-refractivity contribution in [3.8, 4) is 0 Å². The van der Waals surface area contributed by atoms with E-state index in [1.807, 2.05) is 19.0 Å². The average molecular weight is 261 g/mol. The largest absolute Gasteiger partial charge is 0.380 e. The fraction of sp³-hybridized carbons (Fsp3) is 0.600. The van der Waals surface area contributed by atoms with Gasteiger partial charge in [-0.15, -0.1) is 0 Å². The van der Waals surface area contributed by atoms with Crippen LogP contribution in [-0.2, 0) is 4.74 Å². The Labute approximate surface area is 105 Å². The first-order valence-electron chi connectivity index (χ1n) is 5.31. The summed E-state index contributed by atoms with van der Waals surface area (Å²) in [4.78, 5) is 13.2. The molecule has 1 aromatic heterocycles. The van der Waals surface area contributed by atoms with E-state index in [4.69, 9.17) is 16.3 Å². The predicted octanol–water partition coefficient (Wildman–Crippen LogP) is 0.413. The molecule has 0 aliphatic rings. The van der Waals surface area contributed by atoms with Crippen LogP contribution in [0.1, 0.15) is 0 Å². The molecule has 7 heteroatoms. The number of nitrogens with one attached hydrogen (secondary N) is 2. The van der Waals surface area contributed by atoms with Gasteiger partial charge in [0.2, 0.25) is 0 Å². The summed E-state index contributed by atoms with van der Waals surface area (Å²) in [5.41, 5.74) is 0.122. The number of hydrogen-bond acceptors (Lipinski definition) is 5. The van der Waals surface area contributed by atoms with Crippen molar-refractivity contribution in [1.29, 1.82) is 0 Å². The van der Waals surface area contributed by atoms with Crippen molar-refractivity contribution in [3.63, 3.8) is 0 Å². The lowest BCUT2D eigenvalue weighted by atomic mass is 10.4. The van der Waals surface area contributed by atoms with Gasteiger partial charge in [0, 0.05) is 13.1 Å². The van der Waals surface area contributed by atoms with E-state index >= 15 is 0 Å². The van der Waals surface area contributed by atoms with E-state index in [0.717, 1.165) is 6.54 Å². The first-order valence-corrected chi connectivity index (χ1v) is 5.68. The zero-order valence-corrected chi connectivity index (χ0v) is 10.8. The second-order valence-electron chi connectivity index (χ2n) is 3.77. The highest BCUT2D eigenvalue weighted by molar-refractivity contribution is 6.32. The molecule has 0 fully saturated rings. The minimum absolute atomic E-state index is 0.119. The predicted molar refractivity (Wildman–Crippen MR) is 67.7 cm³/mol. The van der Waals surface area contributed by atoms with Crippen LogP contribution in [0.2, 0.25) is 5.02 Å². The third kappa shape index (κ3) is 5.16. The molecule has 0 unspecified atom stereocenters. The lowest BCUT2D eigenvalue weighted by molar-refractivity contribution is 0.126. The second-order valence-corrected chi connectivity index (χ2v) is 4.15. The van der Waals surface area contributed by atoms with Crippen molar-refractivity contribution in [2.75, 3.05) is 45.7 Å². The molecule has 0 radical (unpaired) electrons. The number of aromatic nitrogens is 2. The number of halogens is 1. The van der Waals surface area contributed by atoms with Crippen molar-refractivity contribution in [2.24, 2.45) is 0 Å². The summed E-state index contributed by atoms with van der Waals surface area (Å²) >= 11 is 5.78. The van der Waals surface area contributed by atoms with Gasteiger partial charge in [0.05, 0.1) is 25.1 Å². The molecule has 6 nitrogen and oxygen atoms in total. The van der Waals surface area contributed by atoms with Gasteiger partial charge >= 0.3 is 0 Å². The van der Waals surface area contributed by atoms with Gasteiger partial charge in [-0.05, 0) is 14.1 Å². The molecule has 0 saturated carbocycles. The summed E-state index contributed by atoms with van der Waals surface area (Å²) in [5, 5.41) is 9.01. The van der Waals surface area contributed by atoms with Gasteiger partial charge in [-0.2, -0.15) is 5.10 Å². The standard InChI is InChI=1S/C10H17ClN4O2/c1-15(2)4-6-17-5-3-12-8-7-13-14-10(16)9(8)11/h7H,3-6H2,1-2H3,(H2,12,14,16). The fourth-order valence-electron chi connectivity index (χ4n) is 1.11. The van der Waals surface area contributed by atoms with E-state index in [9.17, 15) is 4.79 Å². The average Bonchev–Trinajstić information content (AvgIpc) is 2.28. The van der Waals surface area contributed by atoms with Gasteiger partial charge in [0.15, 0.2) is 0 Å². The Kier molecular flexibility index (Phi) is 5.96. The SMILES string of the molecule is CN(C)CCOCCNc1cn[nH]c(=O)c1Cl. The zero-order chi connectivity index (χ0) is 12.7. The van der Waals surface area contributed by atoms with Gasteiger partial charge in [-0.3, -0.25) is 4.79 Å². The highest BCUT2D eigenvalue weighted by Gasteiger charge is 2.03. The summed E-state index contributed by atoms with van der Waals surface area (Å²) in [7, 11) is 3.98. The van der Waals surface area contributed by atoms with Crippen LogP contribution in [0.5, 0.6) is 0 Å². The number of rotatable bonds is 7. The van der Waals surface area contributed by atoms with Crippen molar-refractivity contribution >= 4 is 17.3 Å². The van der Waals surface area contributed by atoms with Gasteiger partial charge < -0.3 is 15.0 Å². The molecular formula is C10H17ClN4O2. The second kappa shape index (κ2) is 7.26. The quantitative estimate of drug-likeness (QED) is 0.695. The van der Waals surface area contributed by atoms with Crippen LogP contribution < -0.4 is 10.9 Å². The van der Waals surface area contributed by atoms with Crippen molar-refractivity contribution < 1.29 is 4.74 Å². The van der Waals surface area contributed by atoms with Crippen LogP contribution in [0.15, 0.2) is 11.0 Å². The summed E-state index contributed by atoms with van der Waals surface area (Å²) in [6.45, 7) is 2.69. The maximum atomic E-state index is 11.1. The van der Waals surface area contributed by atoms with Crippen LogP contribution in [0.3, 0.4) is 0 Å². The van der Waals surface area contributed by atoms with Crippen LogP contribution in [-0.4, -0.2) is 55.5 Å². The van der Waals surface area contributed by atoms with E-state index in [2.05, 4.69) is 15.5 Å². The van der Waals surface area contributed by atoms with Crippen molar-refractivity contribution in [3.05, 3.63) is 21.6 Å². The first kappa shape index (κ1) is 14.0. The number of anilines is 1. The molecule has 96 valence electrons. The Hall–Kier alpha value is -1.11. The van der Waals surface area contributed by atoms with Crippen molar-refractivity contribution in [2.45, 2.75) is 0 Å². The maximum absolute atomic E-state index is 11.1. The smallest absolute Gasteiger partial charge is 0.285 e. The van der Waals surface area contributed by atoms with Gasteiger partial charge in [-0.1, -0.05) is 11.6 Å². The molecule has 17 heavy (non-hydrogen) atoms. The highest BCUT2D eigenvalue weighted by atomic mass is 35.5. The molecule has 2 N–H and O–H groups in total. The number of likely N-dealkylation sites (N-methyl/N-ethyl adjacent to an activating group) is 1. The normalized spacial score (nSPS) is 10.8. The van der Waals surface area contributed by atoms with Crippen LogP contribution in [0, 0.1) is 0 Å². The molecule has 0 saturated heterocycles. The number of aromatic amines is 1. The molecular weight excluding hydrogens is 244 g/mol. The summed E-state index contributed by atoms with van der Waals surface area (Å²) in [6.07, 6.45) is 1.48. The summed E-state index contributed by atoms with van der Waals surface area (Å²) < 4.78 is 5.38. The van der Waals surface area contributed by atoms with Gasteiger partial charge in [0.1, 0.15) is 5.02 Å². The number of H-pyrrole nitrogens is 1. The van der Waals surface area contributed by atoms with E-state index in [0.29, 0.717) is 25.4 Å². The molecule has 0 aromatic carbocycles. The fourth-order valence-corrected chi connectivity index (χ4v) is 1.27. The molecule has 0 aliphatic heterocycles. The third-order valence-corrected chi connectivity index (χ3v) is 2.42. The van der Waals surface area contributed by atoms with Crippen LogP contribution in [0.4, 0.5) is 5.69 Å². The topological polar surface area (TPSA) is 70.2 Å². The Morgan fingerprint density at radius 3 is 3.00 bits per heavy atom. The molecule has 0 amide bonds. The lowest BCUT2D eigenvalue weighted by Crippen LogP contribution is -2.20. The monoisotopic (exact) mass is 260 g/mol. The summed E-state index contributed by atoms with van der Waals surface area (Å²) in [5.74, 6) is 0. The molecule has 1 heterocycles. The van der Waals surface area contributed by atoms with E-state index < -0.39 is 5.56 Å². The van der Waals surface area contributed by atoms with Gasteiger partial charge in [0.25, 0.3) is 5.56 Å². The third-order valence-electron chi connectivity index (χ3n) is 2.04.